The zero-order valence-corrected chi connectivity index (χ0v) is 13.2. The van der Waals surface area contributed by atoms with E-state index in [-0.39, 0.29) is 18.8 Å². The standard InChI is InChI=1S/C13H26BN5O4/c15-12(18-6-4-17-5-7-18)19-8-10(2-1-3-14(22)23)13(16,9-19)11(20)21/h10,15,17,22-23H,1-9,16H2,(H,20,21). The van der Waals surface area contributed by atoms with Crippen molar-refractivity contribution < 1.29 is 19.9 Å². The van der Waals surface area contributed by atoms with E-state index < -0.39 is 18.6 Å². The molecular weight excluding hydrogens is 301 g/mol. The van der Waals surface area contributed by atoms with Crippen molar-refractivity contribution in [2.45, 2.75) is 24.7 Å². The molecule has 0 amide bonds. The van der Waals surface area contributed by atoms with Gasteiger partial charge in [-0.3, -0.25) is 10.2 Å². The number of carboxylic acids is 1. The van der Waals surface area contributed by atoms with Crippen LogP contribution in [0.1, 0.15) is 12.8 Å². The molecule has 2 atom stereocenters. The first-order valence-corrected chi connectivity index (χ1v) is 8.02. The van der Waals surface area contributed by atoms with Gasteiger partial charge in [0.05, 0.1) is 0 Å². The van der Waals surface area contributed by atoms with Crippen LogP contribution in [0.3, 0.4) is 0 Å². The molecule has 130 valence electrons. The monoisotopic (exact) mass is 327 g/mol. The summed E-state index contributed by atoms with van der Waals surface area (Å²) >= 11 is 0. The van der Waals surface area contributed by atoms with E-state index >= 15 is 0 Å². The van der Waals surface area contributed by atoms with Gasteiger partial charge in [0.15, 0.2) is 5.96 Å². The van der Waals surface area contributed by atoms with Crippen LogP contribution in [0.5, 0.6) is 0 Å². The Morgan fingerprint density at radius 2 is 2.00 bits per heavy atom. The number of hydrogen-bond donors (Lipinski definition) is 6. The summed E-state index contributed by atoms with van der Waals surface area (Å²) < 4.78 is 0. The van der Waals surface area contributed by atoms with E-state index in [9.17, 15) is 9.90 Å². The minimum absolute atomic E-state index is 0.109. The summed E-state index contributed by atoms with van der Waals surface area (Å²) in [6.45, 7) is 3.58. The highest BCUT2D eigenvalue weighted by molar-refractivity contribution is 6.40. The molecule has 0 aromatic rings. The van der Waals surface area contributed by atoms with E-state index in [0.29, 0.717) is 25.3 Å². The molecule has 23 heavy (non-hydrogen) atoms. The number of nitrogens with one attached hydrogen (secondary N) is 2. The van der Waals surface area contributed by atoms with Crippen LogP contribution in [0.25, 0.3) is 0 Å². The molecule has 2 saturated heterocycles. The average Bonchev–Trinajstić information content (AvgIpc) is 2.86. The highest BCUT2D eigenvalue weighted by Crippen LogP contribution is 2.31. The maximum absolute atomic E-state index is 11.6. The van der Waals surface area contributed by atoms with E-state index in [2.05, 4.69) is 5.32 Å². The van der Waals surface area contributed by atoms with Crippen LogP contribution in [0.15, 0.2) is 0 Å². The molecule has 2 aliphatic heterocycles. The quantitative estimate of drug-likeness (QED) is 0.189. The number of carbonyl (C=O) groups is 1. The Balaban J connectivity index is 2.00. The molecule has 0 radical (unpaired) electrons. The fraction of sp³-hybridized carbons (Fsp3) is 0.846. The van der Waals surface area contributed by atoms with Gasteiger partial charge in [0.25, 0.3) is 0 Å². The van der Waals surface area contributed by atoms with Crippen LogP contribution in [0, 0.1) is 11.3 Å². The third kappa shape index (κ3) is 4.14. The number of nitrogens with zero attached hydrogens (tertiary/aromatic N) is 2. The van der Waals surface area contributed by atoms with Crippen molar-refractivity contribution in [3.63, 3.8) is 0 Å². The third-order valence-corrected chi connectivity index (χ3v) is 4.75. The lowest BCUT2D eigenvalue weighted by Crippen LogP contribution is -2.56. The number of hydrogen-bond acceptors (Lipinski definition) is 6. The molecule has 0 aromatic carbocycles. The normalized spacial score (nSPS) is 28.0. The van der Waals surface area contributed by atoms with Gasteiger partial charge in [0, 0.05) is 45.2 Å². The number of aliphatic carboxylic acids is 1. The average molecular weight is 327 g/mol. The summed E-state index contributed by atoms with van der Waals surface area (Å²) in [4.78, 5) is 15.3. The van der Waals surface area contributed by atoms with Crippen LogP contribution >= 0.6 is 0 Å². The van der Waals surface area contributed by atoms with Crippen molar-refractivity contribution in [2.75, 3.05) is 39.3 Å². The van der Waals surface area contributed by atoms with Crippen LogP contribution in [-0.4, -0.2) is 88.8 Å². The zero-order valence-electron chi connectivity index (χ0n) is 13.2. The smallest absolute Gasteiger partial charge is 0.451 e. The summed E-state index contributed by atoms with van der Waals surface area (Å²) in [5.74, 6) is -1.06. The van der Waals surface area contributed by atoms with Crippen molar-refractivity contribution in [3.8, 4) is 0 Å². The Morgan fingerprint density at radius 1 is 1.35 bits per heavy atom. The Kier molecular flexibility index (Phi) is 5.85. The van der Waals surface area contributed by atoms with E-state index in [1.165, 1.54) is 0 Å². The predicted molar refractivity (Wildman–Crippen MR) is 86.0 cm³/mol. The van der Waals surface area contributed by atoms with E-state index in [0.717, 1.165) is 26.2 Å². The molecule has 2 aliphatic rings. The van der Waals surface area contributed by atoms with Crippen LogP contribution in [-0.2, 0) is 4.79 Å². The minimum Gasteiger partial charge on any atom is -0.480 e. The second kappa shape index (κ2) is 7.48. The number of rotatable bonds is 5. The van der Waals surface area contributed by atoms with Crippen molar-refractivity contribution in [1.29, 1.82) is 5.41 Å². The first-order chi connectivity index (χ1) is 10.8. The molecule has 2 fully saturated rings. The summed E-state index contributed by atoms with van der Waals surface area (Å²) in [6, 6.07) is 0. The van der Waals surface area contributed by atoms with Gasteiger partial charge in [0.2, 0.25) is 0 Å². The minimum atomic E-state index is -1.40. The number of nitrogens with two attached hydrogens (primary N) is 1. The molecule has 0 aromatic heterocycles. The Morgan fingerprint density at radius 3 is 2.57 bits per heavy atom. The second-order valence-corrected chi connectivity index (χ2v) is 6.40. The fourth-order valence-electron chi connectivity index (χ4n) is 3.31. The Hall–Kier alpha value is -1.36. The fourth-order valence-corrected chi connectivity index (χ4v) is 3.31. The van der Waals surface area contributed by atoms with E-state index in [1.807, 2.05) is 4.90 Å². The number of carboxylic acid groups (broad SMARTS) is 1. The maximum Gasteiger partial charge on any atom is 0.451 e. The van der Waals surface area contributed by atoms with Gasteiger partial charge < -0.3 is 36.0 Å². The Labute approximate surface area is 136 Å². The van der Waals surface area contributed by atoms with Gasteiger partial charge in [-0.05, 0) is 12.7 Å². The molecule has 2 heterocycles. The van der Waals surface area contributed by atoms with Crippen LogP contribution in [0.4, 0.5) is 0 Å². The number of guanidine groups is 1. The SMILES string of the molecule is N=C(N1CCNCC1)N1CC(CCCB(O)O)C(N)(C(=O)O)C1. The highest BCUT2D eigenvalue weighted by Gasteiger charge is 2.50. The largest absolute Gasteiger partial charge is 0.480 e. The first-order valence-electron chi connectivity index (χ1n) is 8.02. The van der Waals surface area contributed by atoms with E-state index in [4.69, 9.17) is 21.2 Å². The lowest BCUT2D eigenvalue weighted by atomic mass is 9.78. The zero-order chi connectivity index (χ0) is 17.0. The van der Waals surface area contributed by atoms with Crippen molar-refractivity contribution in [2.24, 2.45) is 11.7 Å². The summed E-state index contributed by atoms with van der Waals surface area (Å²) in [5.41, 5.74) is 4.72. The molecule has 10 heteroatoms. The predicted octanol–water partition coefficient (Wildman–Crippen LogP) is -2.21. The van der Waals surface area contributed by atoms with Gasteiger partial charge in [-0.1, -0.05) is 6.42 Å². The molecular formula is C13H26BN5O4. The van der Waals surface area contributed by atoms with Crippen molar-refractivity contribution in [3.05, 3.63) is 0 Å². The van der Waals surface area contributed by atoms with Crippen molar-refractivity contribution >= 4 is 19.0 Å². The Bertz CT molecular complexity index is 446. The van der Waals surface area contributed by atoms with Gasteiger partial charge in [-0.2, -0.15) is 0 Å². The lowest BCUT2D eigenvalue weighted by molar-refractivity contribution is -0.144. The second-order valence-electron chi connectivity index (χ2n) is 6.40. The highest BCUT2D eigenvalue weighted by atomic mass is 16.4. The molecule has 0 spiro atoms. The molecule has 0 aliphatic carbocycles. The molecule has 0 bridgehead atoms. The van der Waals surface area contributed by atoms with Crippen LogP contribution < -0.4 is 11.1 Å². The van der Waals surface area contributed by atoms with Crippen molar-refractivity contribution in [1.82, 2.24) is 15.1 Å². The lowest BCUT2D eigenvalue weighted by Gasteiger charge is -2.34. The third-order valence-electron chi connectivity index (χ3n) is 4.75. The first kappa shape index (κ1) is 18.0. The molecule has 2 unspecified atom stereocenters. The topological polar surface area (TPSA) is 146 Å². The maximum atomic E-state index is 11.6. The summed E-state index contributed by atoms with van der Waals surface area (Å²) in [6.07, 6.45) is 1.18. The molecule has 0 saturated carbocycles. The molecule has 2 rings (SSSR count). The van der Waals surface area contributed by atoms with Gasteiger partial charge >= 0.3 is 13.1 Å². The van der Waals surface area contributed by atoms with Crippen LogP contribution in [0.2, 0.25) is 6.32 Å². The number of likely N-dealkylation sites (tertiary alicyclic amines) is 1. The summed E-state index contributed by atoms with van der Waals surface area (Å²) in [7, 11) is -1.39. The van der Waals surface area contributed by atoms with E-state index in [1.54, 1.807) is 4.90 Å². The molecule has 7 N–H and O–H groups in total. The van der Waals surface area contributed by atoms with Gasteiger partial charge in [-0.25, -0.2) is 0 Å². The number of piperazine rings is 1. The van der Waals surface area contributed by atoms with Gasteiger partial charge in [-0.15, -0.1) is 0 Å². The summed E-state index contributed by atoms with van der Waals surface area (Å²) in [5, 5.41) is 38.9. The van der Waals surface area contributed by atoms with Gasteiger partial charge in [0.1, 0.15) is 5.54 Å². The molecule has 9 nitrogen and oxygen atoms in total.